The SMILES string of the molecule is CCCCCC(C)(C)O[SiH2]C. The van der Waals surface area contributed by atoms with Crippen molar-refractivity contribution in [2.75, 3.05) is 0 Å². The average Bonchev–Trinajstić information content (AvgIpc) is 1.87. The van der Waals surface area contributed by atoms with Crippen molar-refractivity contribution < 1.29 is 4.43 Å². The fourth-order valence-corrected chi connectivity index (χ4v) is 2.19. The Morgan fingerprint density at radius 3 is 2.36 bits per heavy atom. The van der Waals surface area contributed by atoms with Crippen LogP contribution in [0.25, 0.3) is 0 Å². The summed E-state index contributed by atoms with van der Waals surface area (Å²) in [7, 11) is -0.224. The molecule has 0 spiro atoms. The molecule has 1 nitrogen and oxygen atoms in total. The zero-order chi connectivity index (χ0) is 8.74. The lowest BCUT2D eigenvalue weighted by atomic mass is 10.0. The number of hydrogen-bond acceptors (Lipinski definition) is 1. The Labute approximate surface area is 73.5 Å². The summed E-state index contributed by atoms with van der Waals surface area (Å²) in [6.45, 7) is 8.85. The molecule has 0 rings (SSSR count). The normalized spacial score (nSPS) is 13.1. The molecule has 0 aromatic carbocycles. The third kappa shape index (κ3) is 6.57. The summed E-state index contributed by atoms with van der Waals surface area (Å²) in [4.78, 5) is 0. The Kier molecular flexibility index (Phi) is 5.87. The minimum Gasteiger partial charge on any atom is -0.419 e. The van der Waals surface area contributed by atoms with Crippen LogP contribution in [-0.2, 0) is 4.43 Å². The third-order valence-corrected chi connectivity index (χ3v) is 2.99. The topological polar surface area (TPSA) is 9.23 Å². The van der Waals surface area contributed by atoms with Crippen molar-refractivity contribution in [1.82, 2.24) is 0 Å². The second kappa shape index (κ2) is 5.78. The van der Waals surface area contributed by atoms with E-state index in [4.69, 9.17) is 4.43 Å². The van der Waals surface area contributed by atoms with E-state index >= 15 is 0 Å². The van der Waals surface area contributed by atoms with Crippen LogP contribution in [0.5, 0.6) is 0 Å². The number of rotatable bonds is 6. The molecule has 11 heavy (non-hydrogen) atoms. The second-order valence-corrected chi connectivity index (χ2v) is 4.52. The number of unbranched alkanes of at least 4 members (excludes halogenated alkanes) is 2. The fraction of sp³-hybridized carbons (Fsp3) is 1.00. The first-order chi connectivity index (χ1) is 5.12. The quantitative estimate of drug-likeness (QED) is 0.444. The van der Waals surface area contributed by atoms with Crippen molar-refractivity contribution >= 4 is 9.76 Å². The summed E-state index contributed by atoms with van der Waals surface area (Å²) >= 11 is 0. The smallest absolute Gasteiger partial charge is 0.159 e. The molecule has 0 saturated heterocycles. The molecule has 0 aromatic heterocycles. The minimum absolute atomic E-state index is 0.163. The van der Waals surface area contributed by atoms with Gasteiger partial charge in [0, 0.05) is 5.60 Å². The van der Waals surface area contributed by atoms with E-state index in [1.54, 1.807) is 0 Å². The lowest BCUT2D eigenvalue weighted by Gasteiger charge is -2.25. The third-order valence-electron chi connectivity index (χ3n) is 1.92. The molecule has 0 heterocycles. The molecule has 0 fully saturated rings. The molecule has 0 aliphatic rings. The number of hydrogen-bond donors (Lipinski definition) is 0. The van der Waals surface area contributed by atoms with E-state index in [2.05, 4.69) is 27.3 Å². The maximum atomic E-state index is 5.71. The van der Waals surface area contributed by atoms with Crippen molar-refractivity contribution in [3.05, 3.63) is 0 Å². The van der Waals surface area contributed by atoms with E-state index in [0.29, 0.717) is 0 Å². The largest absolute Gasteiger partial charge is 0.419 e. The van der Waals surface area contributed by atoms with E-state index in [9.17, 15) is 0 Å². The van der Waals surface area contributed by atoms with Crippen LogP contribution in [0.3, 0.4) is 0 Å². The van der Waals surface area contributed by atoms with Crippen LogP contribution in [0.15, 0.2) is 0 Å². The Balaban J connectivity index is 3.38. The minimum atomic E-state index is -0.224. The van der Waals surface area contributed by atoms with Gasteiger partial charge in [-0.1, -0.05) is 32.7 Å². The molecule has 2 heteroatoms. The van der Waals surface area contributed by atoms with Gasteiger partial charge in [-0.15, -0.1) is 0 Å². The highest BCUT2D eigenvalue weighted by Gasteiger charge is 2.15. The molecule has 0 aromatic rings. The van der Waals surface area contributed by atoms with E-state index < -0.39 is 0 Å². The van der Waals surface area contributed by atoms with Crippen LogP contribution >= 0.6 is 0 Å². The van der Waals surface area contributed by atoms with E-state index in [-0.39, 0.29) is 15.4 Å². The summed E-state index contributed by atoms with van der Waals surface area (Å²) in [5.74, 6) is 0. The Morgan fingerprint density at radius 2 is 1.91 bits per heavy atom. The van der Waals surface area contributed by atoms with Crippen LogP contribution in [0.2, 0.25) is 6.55 Å². The zero-order valence-corrected chi connectivity index (χ0v) is 9.86. The van der Waals surface area contributed by atoms with Crippen molar-refractivity contribution in [2.24, 2.45) is 0 Å². The molecule has 0 N–H and O–H groups in total. The standard InChI is InChI=1S/C9H22OSi/c1-5-6-7-8-9(2,3)10-11-4/h5-8,11H2,1-4H3. The molecule has 0 aliphatic carbocycles. The van der Waals surface area contributed by atoms with E-state index in [1.807, 2.05) is 0 Å². The Morgan fingerprint density at radius 1 is 1.27 bits per heavy atom. The second-order valence-electron chi connectivity index (χ2n) is 3.65. The zero-order valence-electron chi connectivity index (χ0n) is 8.44. The van der Waals surface area contributed by atoms with Crippen LogP contribution in [0.4, 0.5) is 0 Å². The van der Waals surface area contributed by atoms with Crippen LogP contribution < -0.4 is 0 Å². The van der Waals surface area contributed by atoms with Gasteiger partial charge < -0.3 is 4.43 Å². The molecule has 0 atom stereocenters. The van der Waals surface area contributed by atoms with Gasteiger partial charge in [-0.3, -0.25) is 0 Å². The molecule has 0 amide bonds. The highest BCUT2D eigenvalue weighted by molar-refractivity contribution is 6.24. The van der Waals surface area contributed by atoms with Crippen LogP contribution in [-0.4, -0.2) is 15.4 Å². The first-order valence-electron chi connectivity index (χ1n) is 4.76. The van der Waals surface area contributed by atoms with Gasteiger partial charge in [-0.05, 0) is 20.3 Å². The lowest BCUT2D eigenvalue weighted by Crippen LogP contribution is -2.25. The maximum Gasteiger partial charge on any atom is 0.159 e. The summed E-state index contributed by atoms with van der Waals surface area (Å²) in [6.07, 6.45) is 5.19. The highest BCUT2D eigenvalue weighted by atomic mass is 28.2. The van der Waals surface area contributed by atoms with Gasteiger partial charge in [0.2, 0.25) is 0 Å². The lowest BCUT2D eigenvalue weighted by molar-refractivity contribution is 0.103. The Hall–Kier alpha value is 0.177. The predicted octanol–water partition coefficient (Wildman–Crippen LogP) is 2.49. The Bertz CT molecular complexity index is 91.6. The molecule has 0 radical (unpaired) electrons. The van der Waals surface area contributed by atoms with Gasteiger partial charge in [0.05, 0.1) is 0 Å². The van der Waals surface area contributed by atoms with Crippen molar-refractivity contribution in [2.45, 2.75) is 58.6 Å². The fourth-order valence-electron chi connectivity index (χ4n) is 1.26. The first kappa shape index (κ1) is 11.2. The van der Waals surface area contributed by atoms with Crippen molar-refractivity contribution in [3.8, 4) is 0 Å². The van der Waals surface area contributed by atoms with Gasteiger partial charge in [-0.25, -0.2) is 0 Å². The van der Waals surface area contributed by atoms with Gasteiger partial charge in [-0.2, -0.15) is 0 Å². The predicted molar refractivity (Wildman–Crippen MR) is 53.7 cm³/mol. The molecule has 0 bridgehead atoms. The van der Waals surface area contributed by atoms with Crippen LogP contribution in [0, 0.1) is 0 Å². The molecular weight excluding hydrogens is 152 g/mol. The maximum absolute atomic E-state index is 5.71. The van der Waals surface area contributed by atoms with Crippen molar-refractivity contribution in [3.63, 3.8) is 0 Å². The average molecular weight is 174 g/mol. The summed E-state index contributed by atoms with van der Waals surface area (Å²) in [6, 6.07) is 0. The highest BCUT2D eigenvalue weighted by Crippen LogP contribution is 2.17. The summed E-state index contributed by atoms with van der Waals surface area (Å²) in [5, 5.41) is 0. The van der Waals surface area contributed by atoms with Gasteiger partial charge in [0.1, 0.15) is 0 Å². The summed E-state index contributed by atoms with van der Waals surface area (Å²) < 4.78 is 5.71. The van der Waals surface area contributed by atoms with Gasteiger partial charge in [0.25, 0.3) is 0 Å². The van der Waals surface area contributed by atoms with Crippen molar-refractivity contribution in [1.29, 1.82) is 0 Å². The first-order valence-corrected chi connectivity index (χ1v) is 6.75. The molecule has 68 valence electrons. The monoisotopic (exact) mass is 174 g/mol. The molecular formula is C9H22OSi. The van der Waals surface area contributed by atoms with E-state index in [0.717, 1.165) is 0 Å². The molecule has 0 aliphatic heterocycles. The van der Waals surface area contributed by atoms with Crippen LogP contribution in [0.1, 0.15) is 46.5 Å². The summed E-state index contributed by atoms with van der Waals surface area (Å²) in [5.41, 5.74) is 0.163. The molecule has 0 unspecified atom stereocenters. The van der Waals surface area contributed by atoms with Gasteiger partial charge >= 0.3 is 0 Å². The van der Waals surface area contributed by atoms with E-state index in [1.165, 1.54) is 25.7 Å². The molecule has 0 saturated carbocycles. The van der Waals surface area contributed by atoms with Gasteiger partial charge in [0.15, 0.2) is 9.76 Å².